The molecule has 24 heavy (non-hydrogen) atoms. The molecule has 0 aromatic heterocycles. The summed E-state index contributed by atoms with van der Waals surface area (Å²) in [6.45, 7) is 0. The molecule has 0 atom stereocenters. The van der Waals surface area contributed by atoms with Gasteiger partial charge in [0.25, 0.3) is 11.7 Å². The van der Waals surface area contributed by atoms with Crippen LogP contribution in [0.4, 0.5) is 14.5 Å². The molecule has 0 spiro atoms. The van der Waals surface area contributed by atoms with E-state index in [9.17, 15) is 22.0 Å². The van der Waals surface area contributed by atoms with Crippen molar-refractivity contribution in [1.82, 2.24) is 0 Å². The van der Waals surface area contributed by atoms with Crippen LogP contribution >= 0.6 is 27.7 Å². The Hall–Kier alpha value is -1.49. The molecule has 3 N–H and O–H groups in total. The van der Waals surface area contributed by atoms with E-state index >= 15 is 0 Å². The topological polar surface area (TPSA) is 89.3 Å². The van der Waals surface area contributed by atoms with Gasteiger partial charge in [0.05, 0.1) is 10.5 Å². The summed E-state index contributed by atoms with van der Waals surface area (Å²) in [5, 5.41) is 7.60. The molecule has 0 saturated carbocycles. The van der Waals surface area contributed by atoms with Gasteiger partial charge in [-0.2, -0.15) is 8.78 Å². The van der Waals surface area contributed by atoms with E-state index in [2.05, 4.69) is 21.2 Å². The summed E-state index contributed by atoms with van der Waals surface area (Å²) in [6.07, 6.45) is 0. The Morgan fingerprint density at radius 3 is 2.33 bits per heavy atom. The van der Waals surface area contributed by atoms with Crippen molar-refractivity contribution in [2.45, 2.75) is 15.5 Å². The smallest absolute Gasteiger partial charge is 0.288 e. The molecule has 0 aliphatic rings. The molecule has 0 heterocycles. The predicted octanol–water partition coefficient (Wildman–Crippen LogP) is 3.66. The second-order valence-electron chi connectivity index (χ2n) is 4.54. The molecule has 0 fully saturated rings. The maximum Gasteiger partial charge on any atom is 0.288 e. The van der Waals surface area contributed by atoms with Crippen LogP contribution in [0.15, 0.2) is 56.7 Å². The van der Waals surface area contributed by atoms with E-state index in [-0.39, 0.29) is 10.5 Å². The quantitative estimate of drug-likeness (QED) is 0.699. The standard InChI is InChI=1S/C14H11BrF2N2O3S2/c15-12-6-5-10(24(18,21)22)7-11(12)13(20)19-8-1-3-9(4-2-8)23-14(16)17/h1-7,14H,(H,19,20)(H2,18,21,22). The third-order valence-electron chi connectivity index (χ3n) is 2.85. The van der Waals surface area contributed by atoms with Crippen LogP contribution in [-0.2, 0) is 10.0 Å². The van der Waals surface area contributed by atoms with Crippen molar-refractivity contribution >= 4 is 49.3 Å². The summed E-state index contributed by atoms with van der Waals surface area (Å²) >= 11 is 3.56. The third-order valence-corrected chi connectivity index (χ3v) is 5.17. The first-order chi connectivity index (χ1) is 11.2. The van der Waals surface area contributed by atoms with Gasteiger partial charge in [-0.1, -0.05) is 11.8 Å². The molecule has 0 unspecified atom stereocenters. The third kappa shape index (κ3) is 5.00. The summed E-state index contributed by atoms with van der Waals surface area (Å²) < 4.78 is 47.6. The van der Waals surface area contributed by atoms with Crippen molar-refractivity contribution in [2.24, 2.45) is 5.14 Å². The van der Waals surface area contributed by atoms with Crippen LogP contribution in [0.5, 0.6) is 0 Å². The Kier molecular flexibility index (Phi) is 5.97. The van der Waals surface area contributed by atoms with Gasteiger partial charge in [-0.3, -0.25) is 4.79 Å². The molecule has 5 nitrogen and oxygen atoms in total. The Morgan fingerprint density at radius 2 is 1.79 bits per heavy atom. The molecular weight excluding hydrogens is 426 g/mol. The number of carbonyl (C=O) groups excluding carboxylic acids is 1. The van der Waals surface area contributed by atoms with Crippen LogP contribution in [0.2, 0.25) is 0 Å². The van der Waals surface area contributed by atoms with Gasteiger partial charge in [0, 0.05) is 15.1 Å². The number of anilines is 1. The monoisotopic (exact) mass is 436 g/mol. The minimum absolute atomic E-state index is 0.0764. The van der Waals surface area contributed by atoms with Crippen molar-refractivity contribution < 1.29 is 22.0 Å². The number of amides is 1. The predicted molar refractivity (Wildman–Crippen MR) is 91.8 cm³/mol. The lowest BCUT2D eigenvalue weighted by Gasteiger charge is -2.09. The molecule has 0 bridgehead atoms. The summed E-state index contributed by atoms with van der Waals surface area (Å²) in [5.41, 5.74) is 0.457. The first-order valence-electron chi connectivity index (χ1n) is 6.35. The van der Waals surface area contributed by atoms with E-state index in [0.29, 0.717) is 26.8 Å². The lowest BCUT2D eigenvalue weighted by molar-refractivity contribution is 0.102. The highest BCUT2D eigenvalue weighted by molar-refractivity contribution is 9.10. The van der Waals surface area contributed by atoms with Crippen molar-refractivity contribution in [1.29, 1.82) is 0 Å². The van der Waals surface area contributed by atoms with Gasteiger partial charge in [-0.05, 0) is 58.4 Å². The van der Waals surface area contributed by atoms with Gasteiger partial charge in [0.2, 0.25) is 10.0 Å². The molecule has 0 aliphatic carbocycles. The average Bonchev–Trinajstić information content (AvgIpc) is 2.48. The molecule has 0 aliphatic heterocycles. The molecule has 0 radical (unpaired) electrons. The van der Waals surface area contributed by atoms with Gasteiger partial charge in [-0.15, -0.1) is 0 Å². The van der Waals surface area contributed by atoms with Crippen LogP contribution in [0, 0.1) is 0 Å². The summed E-state index contributed by atoms with van der Waals surface area (Å²) in [7, 11) is -3.94. The van der Waals surface area contributed by atoms with Gasteiger partial charge in [0.1, 0.15) is 0 Å². The minimum atomic E-state index is -3.94. The number of hydrogen-bond donors (Lipinski definition) is 2. The van der Waals surface area contributed by atoms with Gasteiger partial charge in [-0.25, -0.2) is 13.6 Å². The zero-order chi connectivity index (χ0) is 17.9. The van der Waals surface area contributed by atoms with E-state index in [1.807, 2.05) is 0 Å². The SMILES string of the molecule is NS(=O)(=O)c1ccc(Br)c(C(=O)Nc2ccc(SC(F)F)cc2)c1. The first kappa shape index (κ1) is 18.8. The second-order valence-corrected chi connectivity index (χ2v) is 8.02. The molecule has 10 heteroatoms. The number of halogens is 3. The maximum atomic E-state index is 12.3. The first-order valence-corrected chi connectivity index (χ1v) is 9.57. The van der Waals surface area contributed by atoms with Gasteiger partial charge < -0.3 is 5.32 Å². The fraction of sp³-hybridized carbons (Fsp3) is 0.0714. The number of rotatable bonds is 5. The van der Waals surface area contributed by atoms with Crippen LogP contribution < -0.4 is 10.5 Å². The number of benzene rings is 2. The normalized spacial score (nSPS) is 11.5. The highest BCUT2D eigenvalue weighted by Crippen LogP contribution is 2.27. The fourth-order valence-corrected chi connectivity index (χ4v) is 3.24. The molecule has 2 aromatic rings. The van der Waals surface area contributed by atoms with E-state index < -0.39 is 21.7 Å². The maximum absolute atomic E-state index is 12.3. The zero-order valence-corrected chi connectivity index (χ0v) is 15.1. The molecular formula is C14H11BrF2N2O3S2. The van der Waals surface area contributed by atoms with Crippen molar-refractivity contribution in [2.75, 3.05) is 5.32 Å². The van der Waals surface area contributed by atoms with Crippen molar-refractivity contribution in [3.8, 4) is 0 Å². The molecule has 128 valence electrons. The Balaban J connectivity index is 2.21. The second kappa shape index (κ2) is 7.60. The van der Waals surface area contributed by atoms with Crippen LogP contribution in [0.1, 0.15) is 10.4 Å². The van der Waals surface area contributed by atoms with Gasteiger partial charge >= 0.3 is 0 Å². The van der Waals surface area contributed by atoms with E-state index in [0.717, 1.165) is 6.07 Å². The number of hydrogen-bond acceptors (Lipinski definition) is 4. The van der Waals surface area contributed by atoms with Gasteiger partial charge in [0.15, 0.2) is 0 Å². The van der Waals surface area contributed by atoms with E-state index in [4.69, 9.17) is 5.14 Å². The van der Waals surface area contributed by atoms with Crippen LogP contribution in [-0.4, -0.2) is 20.1 Å². The number of thioether (sulfide) groups is 1. The Bertz CT molecular complexity index is 859. The molecule has 1 amide bonds. The van der Waals surface area contributed by atoms with Crippen LogP contribution in [0.3, 0.4) is 0 Å². The highest BCUT2D eigenvalue weighted by Gasteiger charge is 2.16. The number of primary sulfonamides is 1. The van der Waals surface area contributed by atoms with Crippen LogP contribution in [0.25, 0.3) is 0 Å². The number of nitrogens with one attached hydrogen (secondary N) is 1. The highest BCUT2D eigenvalue weighted by atomic mass is 79.9. The molecule has 0 saturated heterocycles. The number of nitrogens with two attached hydrogens (primary N) is 1. The Morgan fingerprint density at radius 1 is 1.17 bits per heavy atom. The summed E-state index contributed by atoms with van der Waals surface area (Å²) in [6, 6.07) is 9.66. The summed E-state index contributed by atoms with van der Waals surface area (Å²) in [5.74, 6) is -3.09. The van der Waals surface area contributed by atoms with Crippen molar-refractivity contribution in [3.63, 3.8) is 0 Å². The van der Waals surface area contributed by atoms with E-state index in [1.54, 1.807) is 0 Å². The molecule has 2 aromatic carbocycles. The fourth-order valence-electron chi connectivity index (χ4n) is 1.77. The van der Waals surface area contributed by atoms with E-state index in [1.165, 1.54) is 36.4 Å². The molecule has 2 rings (SSSR count). The number of carbonyl (C=O) groups is 1. The Labute approximate surface area is 149 Å². The number of sulfonamides is 1. The lowest BCUT2D eigenvalue weighted by atomic mass is 10.2. The summed E-state index contributed by atoms with van der Waals surface area (Å²) in [4.78, 5) is 12.4. The number of alkyl halides is 2. The lowest BCUT2D eigenvalue weighted by Crippen LogP contribution is -2.16. The largest absolute Gasteiger partial charge is 0.322 e. The average molecular weight is 437 g/mol. The zero-order valence-electron chi connectivity index (χ0n) is 11.9. The minimum Gasteiger partial charge on any atom is -0.322 e. The van der Waals surface area contributed by atoms with Crippen molar-refractivity contribution in [3.05, 3.63) is 52.5 Å².